The molecule has 3 nitrogen and oxygen atoms in total. The van der Waals surface area contributed by atoms with Crippen molar-refractivity contribution in [3.63, 3.8) is 0 Å². The van der Waals surface area contributed by atoms with Gasteiger partial charge in [0.05, 0.1) is 12.2 Å². The molecule has 1 aromatic heterocycles. The Morgan fingerprint density at radius 3 is 2.86 bits per heavy atom. The molecule has 0 aliphatic carbocycles. The Morgan fingerprint density at radius 2 is 2.36 bits per heavy atom. The number of nitrogens with zero attached hydrogens (tertiary/aromatic N) is 1. The second-order valence-electron chi connectivity index (χ2n) is 3.16. The molecule has 0 aromatic carbocycles. The van der Waals surface area contributed by atoms with E-state index in [0.717, 1.165) is 11.3 Å². The molecule has 0 saturated carbocycles. The number of carbonyl (C=O) groups excluding carboxylic acids is 1. The van der Waals surface area contributed by atoms with Gasteiger partial charge >= 0.3 is 0 Å². The van der Waals surface area contributed by atoms with E-state index >= 15 is 0 Å². The third-order valence-corrected chi connectivity index (χ3v) is 1.98. The van der Waals surface area contributed by atoms with Crippen molar-refractivity contribution >= 4 is 17.5 Å². The van der Waals surface area contributed by atoms with Crippen LogP contribution in [0.2, 0.25) is 0 Å². The van der Waals surface area contributed by atoms with E-state index in [2.05, 4.69) is 10.3 Å². The normalized spacial score (nSPS) is 12.2. The van der Waals surface area contributed by atoms with Crippen LogP contribution in [0.25, 0.3) is 0 Å². The summed E-state index contributed by atoms with van der Waals surface area (Å²) in [4.78, 5) is 15.3. The zero-order valence-electron chi connectivity index (χ0n) is 8.25. The number of rotatable bonds is 3. The number of pyridine rings is 1. The maximum absolute atomic E-state index is 11.1. The highest BCUT2D eigenvalue weighted by Gasteiger charge is 2.07. The lowest BCUT2D eigenvalue weighted by Crippen LogP contribution is -2.29. The molecule has 0 fully saturated rings. The van der Waals surface area contributed by atoms with Crippen molar-refractivity contribution in [1.82, 2.24) is 10.3 Å². The molecule has 0 spiro atoms. The predicted octanol–water partition coefficient (Wildman–Crippen LogP) is 1.63. The molecule has 76 valence electrons. The first-order chi connectivity index (χ1) is 6.59. The maximum Gasteiger partial charge on any atom is 0.238 e. The Kier molecular flexibility index (Phi) is 3.89. The lowest BCUT2D eigenvalue weighted by atomic mass is 10.3. The summed E-state index contributed by atoms with van der Waals surface area (Å²) in [7, 11) is 0. The first kappa shape index (κ1) is 11.0. The van der Waals surface area contributed by atoms with Crippen molar-refractivity contribution in [1.29, 1.82) is 0 Å². The molecule has 1 rings (SSSR count). The zero-order valence-corrected chi connectivity index (χ0v) is 9.01. The summed E-state index contributed by atoms with van der Waals surface area (Å²) in [5, 5.41) is 2.18. The average molecular weight is 213 g/mol. The fraction of sp³-hybridized carbons (Fsp3) is 0.400. The van der Waals surface area contributed by atoms with E-state index < -0.39 is 5.38 Å². The van der Waals surface area contributed by atoms with E-state index in [4.69, 9.17) is 11.6 Å². The smallest absolute Gasteiger partial charge is 0.238 e. The number of nitrogens with one attached hydrogen (secondary N) is 1. The minimum Gasteiger partial charge on any atom is -0.349 e. The molecule has 4 heteroatoms. The van der Waals surface area contributed by atoms with Crippen LogP contribution in [0.15, 0.2) is 18.3 Å². The number of amides is 1. The maximum atomic E-state index is 11.1. The molecule has 0 aliphatic rings. The number of carbonyl (C=O) groups is 1. The van der Waals surface area contributed by atoms with Gasteiger partial charge in [0.1, 0.15) is 5.38 Å². The molecule has 0 radical (unpaired) electrons. The van der Waals surface area contributed by atoms with Gasteiger partial charge in [-0.3, -0.25) is 9.78 Å². The van der Waals surface area contributed by atoms with Gasteiger partial charge in [-0.1, -0.05) is 6.07 Å². The summed E-state index contributed by atoms with van der Waals surface area (Å²) in [6.07, 6.45) is 1.77. The highest BCUT2D eigenvalue weighted by atomic mass is 35.5. The summed E-state index contributed by atoms with van der Waals surface area (Å²) in [6, 6.07) is 3.84. The SMILES string of the molecule is Cc1ccc(CNC(=O)C(C)Cl)nc1. The van der Waals surface area contributed by atoms with Crippen LogP contribution in [0.5, 0.6) is 0 Å². The zero-order chi connectivity index (χ0) is 10.6. The highest BCUT2D eigenvalue weighted by Crippen LogP contribution is 1.99. The fourth-order valence-electron chi connectivity index (χ4n) is 0.921. The molecular formula is C10H13ClN2O. The van der Waals surface area contributed by atoms with Gasteiger partial charge in [0.25, 0.3) is 0 Å². The lowest BCUT2D eigenvalue weighted by molar-refractivity contribution is -0.120. The van der Waals surface area contributed by atoms with Gasteiger partial charge < -0.3 is 5.32 Å². The van der Waals surface area contributed by atoms with E-state index in [1.54, 1.807) is 13.1 Å². The first-order valence-electron chi connectivity index (χ1n) is 4.43. The molecule has 0 bridgehead atoms. The van der Waals surface area contributed by atoms with Crippen molar-refractivity contribution in [3.05, 3.63) is 29.6 Å². The predicted molar refractivity (Wildman–Crippen MR) is 56.1 cm³/mol. The largest absolute Gasteiger partial charge is 0.349 e. The van der Waals surface area contributed by atoms with Gasteiger partial charge in [-0.15, -0.1) is 11.6 Å². The molecular weight excluding hydrogens is 200 g/mol. The van der Waals surface area contributed by atoms with Crippen molar-refractivity contribution in [2.75, 3.05) is 0 Å². The Labute approximate surface area is 88.5 Å². The second-order valence-corrected chi connectivity index (χ2v) is 3.82. The Hall–Kier alpha value is -1.09. The summed E-state index contributed by atoms with van der Waals surface area (Å²) in [6.45, 7) is 4.03. The molecule has 1 amide bonds. The quantitative estimate of drug-likeness (QED) is 0.774. The van der Waals surface area contributed by atoms with Gasteiger partial charge in [0, 0.05) is 6.20 Å². The van der Waals surface area contributed by atoms with Crippen molar-refractivity contribution in [3.8, 4) is 0 Å². The fourth-order valence-corrected chi connectivity index (χ4v) is 0.998. The molecule has 1 N–H and O–H groups in total. The Morgan fingerprint density at radius 1 is 1.64 bits per heavy atom. The minimum atomic E-state index is -0.500. The molecule has 0 saturated heterocycles. The molecule has 0 aliphatic heterocycles. The summed E-state index contributed by atoms with van der Waals surface area (Å²) in [5.74, 6) is -0.172. The second kappa shape index (κ2) is 4.96. The van der Waals surface area contributed by atoms with Crippen molar-refractivity contribution < 1.29 is 4.79 Å². The molecule has 1 heterocycles. The molecule has 1 atom stereocenters. The van der Waals surface area contributed by atoms with Crippen LogP contribution in [0.4, 0.5) is 0 Å². The Balaban J connectivity index is 2.46. The lowest BCUT2D eigenvalue weighted by Gasteiger charge is -2.05. The van der Waals surface area contributed by atoms with Gasteiger partial charge in [-0.05, 0) is 25.5 Å². The Bertz CT molecular complexity index is 308. The molecule has 1 aromatic rings. The van der Waals surface area contributed by atoms with E-state index in [1.165, 1.54) is 0 Å². The van der Waals surface area contributed by atoms with Crippen molar-refractivity contribution in [2.24, 2.45) is 0 Å². The summed E-state index contributed by atoms with van der Waals surface area (Å²) >= 11 is 5.59. The number of aromatic nitrogens is 1. The van der Waals surface area contributed by atoms with Gasteiger partial charge in [-0.25, -0.2) is 0 Å². The summed E-state index contributed by atoms with van der Waals surface area (Å²) in [5.41, 5.74) is 1.94. The van der Waals surface area contributed by atoms with E-state index in [9.17, 15) is 4.79 Å². The van der Waals surface area contributed by atoms with E-state index in [1.807, 2.05) is 19.1 Å². The minimum absolute atomic E-state index is 0.172. The van der Waals surface area contributed by atoms with Crippen LogP contribution in [0.3, 0.4) is 0 Å². The van der Waals surface area contributed by atoms with Gasteiger partial charge in [0.15, 0.2) is 0 Å². The van der Waals surface area contributed by atoms with Crippen LogP contribution in [-0.4, -0.2) is 16.3 Å². The topological polar surface area (TPSA) is 42.0 Å². The van der Waals surface area contributed by atoms with E-state index in [-0.39, 0.29) is 5.91 Å². The monoisotopic (exact) mass is 212 g/mol. The summed E-state index contributed by atoms with van der Waals surface area (Å²) < 4.78 is 0. The molecule has 1 unspecified atom stereocenters. The third kappa shape index (κ3) is 3.34. The van der Waals surface area contributed by atoms with Crippen molar-refractivity contribution in [2.45, 2.75) is 25.8 Å². The molecule has 14 heavy (non-hydrogen) atoms. The first-order valence-corrected chi connectivity index (χ1v) is 4.86. The number of hydrogen-bond donors (Lipinski definition) is 1. The van der Waals surface area contributed by atoms with Crippen LogP contribution in [-0.2, 0) is 11.3 Å². The van der Waals surface area contributed by atoms with Crippen LogP contribution in [0, 0.1) is 6.92 Å². The van der Waals surface area contributed by atoms with Gasteiger partial charge in [-0.2, -0.15) is 0 Å². The number of halogens is 1. The number of hydrogen-bond acceptors (Lipinski definition) is 2. The van der Waals surface area contributed by atoms with Crippen LogP contribution >= 0.6 is 11.6 Å². The van der Waals surface area contributed by atoms with Crippen LogP contribution < -0.4 is 5.32 Å². The van der Waals surface area contributed by atoms with Gasteiger partial charge in [0.2, 0.25) is 5.91 Å². The number of aryl methyl sites for hydroxylation is 1. The standard InChI is InChI=1S/C10H13ClN2O/c1-7-3-4-9(12-5-7)6-13-10(14)8(2)11/h3-5,8H,6H2,1-2H3,(H,13,14). The average Bonchev–Trinajstić information content (AvgIpc) is 2.16. The third-order valence-electron chi connectivity index (χ3n) is 1.78. The highest BCUT2D eigenvalue weighted by molar-refractivity contribution is 6.30. The number of alkyl halides is 1. The van der Waals surface area contributed by atoms with E-state index in [0.29, 0.717) is 6.54 Å². The van der Waals surface area contributed by atoms with Crippen LogP contribution in [0.1, 0.15) is 18.2 Å².